The number of rotatable bonds is 7. The van der Waals surface area contributed by atoms with Gasteiger partial charge < -0.3 is 10.1 Å². The zero-order valence-corrected chi connectivity index (χ0v) is 15.8. The van der Waals surface area contributed by atoms with Crippen LogP contribution in [0.1, 0.15) is 31.0 Å². The van der Waals surface area contributed by atoms with Crippen molar-refractivity contribution in [2.24, 2.45) is 7.05 Å². The van der Waals surface area contributed by atoms with E-state index in [1.165, 1.54) is 5.56 Å². The number of nitrogens with one attached hydrogen (secondary N) is 1. The average Bonchev–Trinajstić information content (AvgIpc) is 3.06. The highest BCUT2D eigenvalue weighted by molar-refractivity contribution is 5.77. The number of pyridine rings is 1. The molecular weight excluding hydrogens is 340 g/mol. The van der Waals surface area contributed by atoms with Gasteiger partial charge in [0.05, 0.1) is 17.9 Å². The summed E-state index contributed by atoms with van der Waals surface area (Å²) in [6.45, 7) is 4.61. The number of benzene rings is 1. The Kier molecular flexibility index (Phi) is 5.86. The van der Waals surface area contributed by atoms with Gasteiger partial charge in [0, 0.05) is 25.0 Å². The fourth-order valence-corrected chi connectivity index (χ4v) is 2.74. The molecule has 2 heterocycles. The highest BCUT2D eigenvalue weighted by Crippen LogP contribution is 2.19. The van der Waals surface area contributed by atoms with E-state index in [1.54, 1.807) is 17.1 Å². The van der Waals surface area contributed by atoms with E-state index >= 15 is 0 Å². The molecule has 1 N–H and O–H groups in total. The van der Waals surface area contributed by atoms with Crippen molar-refractivity contribution in [3.05, 3.63) is 66.1 Å². The Morgan fingerprint density at radius 3 is 2.52 bits per heavy atom. The molecule has 1 aromatic carbocycles. The van der Waals surface area contributed by atoms with Crippen molar-refractivity contribution in [2.45, 2.75) is 26.3 Å². The molecule has 0 radical (unpaired) electrons. The maximum atomic E-state index is 12.0. The predicted octanol–water partition coefficient (Wildman–Crippen LogP) is 3.30. The summed E-state index contributed by atoms with van der Waals surface area (Å²) in [5, 5.41) is 7.28. The van der Waals surface area contributed by atoms with Crippen LogP contribution >= 0.6 is 0 Å². The third kappa shape index (κ3) is 4.94. The minimum atomic E-state index is -0.181. The van der Waals surface area contributed by atoms with E-state index < -0.39 is 0 Å². The molecule has 0 atom stereocenters. The van der Waals surface area contributed by atoms with Crippen LogP contribution in [0.5, 0.6) is 5.75 Å². The van der Waals surface area contributed by atoms with Crippen LogP contribution in [0.2, 0.25) is 0 Å². The highest BCUT2D eigenvalue weighted by Gasteiger charge is 2.09. The molecule has 0 bridgehead atoms. The second kappa shape index (κ2) is 8.49. The van der Waals surface area contributed by atoms with Gasteiger partial charge in [0.15, 0.2) is 6.61 Å². The van der Waals surface area contributed by atoms with Crippen molar-refractivity contribution >= 4 is 5.91 Å². The van der Waals surface area contributed by atoms with Crippen LogP contribution in [0.4, 0.5) is 0 Å². The first-order valence-corrected chi connectivity index (χ1v) is 8.95. The first kappa shape index (κ1) is 18.6. The molecule has 0 aliphatic rings. The Balaban J connectivity index is 1.51. The van der Waals surface area contributed by atoms with Gasteiger partial charge in [-0.15, -0.1) is 0 Å². The topological polar surface area (TPSA) is 69.0 Å². The molecule has 2 aromatic heterocycles. The summed E-state index contributed by atoms with van der Waals surface area (Å²) in [5.74, 6) is 0.976. The van der Waals surface area contributed by atoms with Crippen LogP contribution in [0.15, 0.2) is 54.9 Å². The number of carbonyl (C=O) groups excluding carboxylic acids is 1. The number of aryl methyl sites for hydroxylation is 1. The molecule has 0 aliphatic carbocycles. The van der Waals surface area contributed by atoms with Gasteiger partial charge in [-0.25, -0.2) is 0 Å². The first-order valence-electron chi connectivity index (χ1n) is 8.95. The Labute approximate surface area is 159 Å². The van der Waals surface area contributed by atoms with Crippen molar-refractivity contribution in [1.29, 1.82) is 0 Å². The van der Waals surface area contributed by atoms with Gasteiger partial charge in [0.1, 0.15) is 5.75 Å². The maximum absolute atomic E-state index is 12.0. The van der Waals surface area contributed by atoms with Gasteiger partial charge in [-0.1, -0.05) is 26.0 Å². The van der Waals surface area contributed by atoms with E-state index in [0.717, 1.165) is 17.0 Å². The van der Waals surface area contributed by atoms with Crippen LogP contribution < -0.4 is 10.1 Å². The molecule has 0 unspecified atom stereocenters. The fraction of sp³-hybridized carbons (Fsp3) is 0.286. The summed E-state index contributed by atoms with van der Waals surface area (Å²) in [6.07, 6.45) is 3.49. The smallest absolute Gasteiger partial charge is 0.258 e. The molecule has 0 aliphatic heterocycles. The molecule has 6 nitrogen and oxygen atoms in total. The number of ether oxygens (including phenoxy) is 1. The van der Waals surface area contributed by atoms with E-state index in [9.17, 15) is 4.79 Å². The van der Waals surface area contributed by atoms with Crippen LogP contribution in [-0.4, -0.2) is 27.3 Å². The quantitative estimate of drug-likeness (QED) is 0.698. The van der Waals surface area contributed by atoms with E-state index in [-0.39, 0.29) is 12.5 Å². The molecule has 140 valence electrons. The molecule has 3 rings (SSSR count). The molecular formula is C21H24N4O2. The molecule has 6 heteroatoms. The van der Waals surface area contributed by atoms with Crippen LogP contribution in [-0.2, 0) is 18.4 Å². The van der Waals surface area contributed by atoms with Gasteiger partial charge in [0.25, 0.3) is 5.91 Å². The average molecular weight is 364 g/mol. The van der Waals surface area contributed by atoms with Crippen LogP contribution in [0.25, 0.3) is 11.3 Å². The SMILES string of the molecule is CC(C)c1ccc(OCC(=O)NCc2cc(-c3ccncc3)n(C)n2)cc1. The monoisotopic (exact) mass is 364 g/mol. The molecule has 0 fully saturated rings. The van der Waals surface area contributed by atoms with E-state index in [4.69, 9.17) is 4.74 Å². The number of hydrogen-bond acceptors (Lipinski definition) is 4. The lowest BCUT2D eigenvalue weighted by molar-refractivity contribution is -0.123. The Bertz CT molecular complexity index is 886. The Morgan fingerprint density at radius 1 is 1.15 bits per heavy atom. The largest absolute Gasteiger partial charge is 0.484 e. The summed E-state index contributed by atoms with van der Waals surface area (Å²) in [7, 11) is 1.88. The van der Waals surface area contributed by atoms with Crippen molar-refractivity contribution in [2.75, 3.05) is 6.61 Å². The molecule has 0 saturated carbocycles. The van der Waals surface area contributed by atoms with E-state index in [0.29, 0.717) is 18.2 Å². The number of carbonyl (C=O) groups is 1. The number of aromatic nitrogens is 3. The Morgan fingerprint density at radius 2 is 1.85 bits per heavy atom. The number of hydrogen-bond donors (Lipinski definition) is 1. The van der Waals surface area contributed by atoms with Crippen molar-refractivity contribution < 1.29 is 9.53 Å². The van der Waals surface area contributed by atoms with Gasteiger partial charge in [-0.2, -0.15) is 5.10 Å². The summed E-state index contributed by atoms with van der Waals surface area (Å²) in [4.78, 5) is 16.1. The van der Waals surface area contributed by atoms with Gasteiger partial charge in [-0.3, -0.25) is 14.5 Å². The van der Waals surface area contributed by atoms with E-state index in [1.807, 2.05) is 49.5 Å². The van der Waals surface area contributed by atoms with Crippen LogP contribution in [0.3, 0.4) is 0 Å². The van der Waals surface area contributed by atoms with Gasteiger partial charge in [-0.05, 0) is 41.8 Å². The van der Waals surface area contributed by atoms with Crippen LogP contribution in [0, 0.1) is 0 Å². The number of nitrogens with zero attached hydrogens (tertiary/aromatic N) is 3. The zero-order chi connectivity index (χ0) is 19.2. The molecule has 1 amide bonds. The van der Waals surface area contributed by atoms with Crippen molar-refractivity contribution in [3.63, 3.8) is 0 Å². The second-order valence-electron chi connectivity index (χ2n) is 6.67. The predicted molar refractivity (Wildman–Crippen MR) is 104 cm³/mol. The third-order valence-electron chi connectivity index (χ3n) is 4.29. The summed E-state index contributed by atoms with van der Waals surface area (Å²) in [5.41, 5.74) is 4.04. The highest BCUT2D eigenvalue weighted by atomic mass is 16.5. The fourth-order valence-electron chi connectivity index (χ4n) is 2.74. The molecule has 3 aromatic rings. The zero-order valence-electron chi connectivity index (χ0n) is 15.8. The molecule has 27 heavy (non-hydrogen) atoms. The van der Waals surface area contributed by atoms with Crippen molar-refractivity contribution in [3.8, 4) is 17.0 Å². The van der Waals surface area contributed by atoms with E-state index in [2.05, 4.69) is 29.2 Å². The lowest BCUT2D eigenvalue weighted by atomic mass is 10.0. The van der Waals surface area contributed by atoms with Gasteiger partial charge >= 0.3 is 0 Å². The lowest BCUT2D eigenvalue weighted by Crippen LogP contribution is -2.28. The third-order valence-corrected chi connectivity index (χ3v) is 4.29. The maximum Gasteiger partial charge on any atom is 0.258 e. The standard InChI is InChI=1S/C21H24N4O2/c1-15(2)16-4-6-19(7-5-16)27-14-21(26)23-13-18-12-20(25(3)24-18)17-8-10-22-11-9-17/h4-12,15H,13-14H2,1-3H3,(H,23,26). The second-order valence-corrected chi connectivity index (χ2v) is 6.67. The van der Waals surface area contributed by atoms with Crippen molar-refractivity contribution in [1.82, 2.24) is 20.1 Å². The van der Waals surface area contributed by atoms with Gasteiger partial charge in [0.2, 0.25) is 0 Å². The minimum Gasteiger partial charge on any atom is -0.484 e. The Hall–Kier alpha value is -3.15. The summed E-state index contributed by atoms with van der Waals surface area (Å²) < 4.78 is 7.34. The minimum absolute atomic E-state index is 0.0227. The number of amides is 1. The molecule has 0 saturated heterocycles. The summed E-state index contributed by atoms with van der Waals surface area (Å²) in [6, 6.07) is 13.6. The summed E-state index contributed by atoms with van der Waals surface area (Å²) >= 11 is 0. The molecule has 0 spiro atoms. The normalized spacial score (nSPS) is 10.8. The first-order chi connectivity index (χ1) is 13.0. The lowest BCUT2D eigenvalue weighted by Gasteiger charge is -2.09.